The molecule has 3 aromatic rings. The second-order valence-corrected chi connectivity index (χ2v) is 9.80. The molecule has 4 heterocycles. The van der Waals surface area contributed by atoms with Crippen LogP contribution in [0.4, 0.5) is 20.4 Å². The molecule has 0 radical (unpaired) electrons. The Labute approximate surface area is 207 Å². The third-order valence-corrected chi connectivity index (χ3v) is 7.33. The summed E-state index contributed by atoms with van der Waals surface area (Å²) in [5.41, 5.74) is 0.646. The number of hydrogen-bond acceptors (Lipinski definition) is 8. The van der Waals surface area contributed by atoms with Gasteiger partial charge < -0.3 is 19.7 Å². The minimum atomic E-state index is -0.680. The SMILES string of the molecule is Cn1ncnc1C1(c2cnc(N3CCC(Oc4ccc(F)cc4F)CC3)c(N[C@@H]3CCOC3)n2)CC1. The van der Waals surface area contributed by atoms with Crippen LogP contribution in [0.15, 0.2) is 30.7 Å². The Morgan fingerprint density at radius 2 is 1.97 bits per heavy atom. The molecule has 0 bridgehead atoms. The highest BCUT2D eigenvalue weighted by atomic mass is 19.1. The van der Waals surface area contributed by atoms with Crippen molar-refractivity contribution in [2.45, 2.75) is 49.7 Å². The summed E-state index contributed by atoms with van der Waals surface area (Å²) in [6, 6.07) is 3.58. The number of nitrogens with zero attached hydrogens (tertiary/aromatic N) is 6. The largest absolute Gasteiger partial charge is 0.487 e. The summed E-state index contributed by atoms with van der Waals surface area (Å²) >= 11 is 0. The van der Waals surface area contributed by atoms with E-state index in [9.17, 15) is 8.78 Å². The van der Waals surface area contributed by atoms with Crippen LogP contribution >= 0.6 is 0 Å². The molecule has 3 aliphatic rings. The molecule has 0 unspecified atom stereocenters. The lowest BCUT2D eigenvalue weighted by molar-refractivity contribution is 0.163. The third kappa shape index (κ3) is 4.36. The Morgan fingerprint density at radius 3 is 2.64 bits per heavy atom. The normalized spacial score (nSPS) is 21.5. The molecule has 1 aliphatic carbocycles. The van der Waals surface area contributed by atoms with E-state index in [1.807, 2.05) is 17.9 Å². The second-order valence-electron chi connectivity index (χ2n) is 9.80. The Bertz CT molecular complexity index is 1230. The molecule has 0 amide bonds. The lowest BCUT2D eigenvalue weighted by Gasteiger charge is -2.34. The quantitative estimate of drug-likeness (QED) is 0.532. The van der Waals surface area contributed by atoms with Crippen molar-refractivity contribution in [2.24, 2.45) is 7.05 Å². The number of halogens is 2. The number of aromatic nitrogens is 5. The highest BCUT2D eigenvalue weighted by Crippen LogP contribution is 2.52. The first kappa shape index (κ1) is 23.1. The van der Waals surface area contributed by atoms with Gasteiger partial charge in [-0.15, -0.1) is 0 Å². The van der Waals surface area contributed by atoms with Gasteiger partial charge in [-0.3, -0.25) is 4.68 Å². The number of nitrogens with one attached hydrogen (secondary N) is 1. The van der Waals surface area contributed by atoms with Crippen molar-refractivity contribution in [2.75, 3.05) is 36.5 Å². The van der Waals surface area contributed by atoms with Gasteiger partial charge in [-0.05, 0) is 31.4 Å². The molecule has 6 rings (SSSR count). The van der Waals surface area contributed by atoms with Gasteiger partial charge in [-0.1, -0.05) is 0 Å². The molecule has 11 heteroatoms. The van der Waals surface area contributed by atoms with Gasteiger partial charge in [-0.2, -0.15) is 5.10 Å². The molecule has 36 heavy (non-hydrogen) atoms. The molecule has 190 valence electrons. The Morgan fingerprint density at radius 1 is 1.14 bits per heavy atom. The van der Waals surface area contributed by atoms with Gasteiger partial charge in [-0.25, -0.2) is 23.7 Å². The summed E-state index contributed by atoms with van der Waals surface area (Å²) in [6.45, 7) is 2.74. The maximum Gasteiger partial charge on any atom is 0.171 e. The lowest BCUT2D eigenvalue weighted by Crippen LogP contribution is -2.39. The zero-order chi connectivity index (χ0) is 24.7. The fourth-order valence-electron chi connectivity index (χ4n) is 5.17. The second kappa shape index (κ2) is 9.27. The standard InChI is InChI=1S/C25H29F2N7O2/c1-33-24(29-15-30-33)25(7-8-25)21-13-28-23(22(32-21)31-17-6-11-35-14-17)34-9-4-18(5-10-34)36-20-3-2-16(26)12-19(20)27/h2-3,12-13,15,17-18H,4-11,14H2,1H3,(H,31,32)/t17-/m1/s1. The zero-order valence-electron chi connectivity index (χ0n) is 20.2. The first-order valence-corrected chi connectivity index (χ1v) is 12.4. The van der Waals surface area contributed by atoms with Crippen molar-refractivity contribution in [3.05, 3.63) is 53.9 Å². The van der Waals surface area contributed by atoms with Crippen LogP contribution in [-0.4, -0.2) is 63.2 Å². The first-order valence-electron chi connectivity index (χ1n) is 12.4. The Kier molecular flexibility index (Phi) is 5.94. The summed E-state index contributed by atoms with van der Waals surface area (Å²) in [5.74, 6) is 1.25. The van der Waals surface area contributed by atoms with Gasteiger partial charge in [0.05, 0.1) is 30.0 Å². The molecule has 1 aromatic carbocycles. The third-order valence-electron chi connectivity index (χ3n) is 7.33. The number of benzene rings is 1. The molecule has 1 saturated carbocycles. The number of rotatable bonds is 7. The number of anilines is 2. The van der Waals surface area contributed by atoms with Crippen molar-refractivity contribution in [3.63, 3.8) is 0 Å². The van der Waals surface area contributed by atoms with Crippen LogP contribution in [-0.2, 0) is 17.2 Å². The van der Waals surface area contributed by atoms with Gasteiger partial charge in [0, 0.05) is 45.7 Å². The molecule has 1 N–H and O–H groups in total. The van der Waals surface area contributed by atoms with Crippen molar-refractivity contribution in [1.82, 2.24) is 24.7 Å². The van der Waals surface area contributed by atoms with Crippen molar-refractivity contribution < 1.29 is 18.3 Å². The summed E-state index contributed by atoms with van der Waals surface area (Å²) in [5, 5.41) is 7.83. The highest BCUT2D eigenvalue weighted by molar-refractivity contribution is 5.62. The Balaban J connectivity index is 1.21. The minimum absolute atomic E-state index is 0.0843. The zero-order valence-corrected chi connectivity index (χ0v) is 20.2. The molecular weight excluding hydrogens is 468 g/mol. The van der Waals surface area contributed by atoms with E-state index in [0.29, 0.717) is 32.5 Å². The molecule has 2 saturated heterocycles. The molecular formula is C25H29F2N7O2. The summed E-state index contributed by atoms with van der Waals surface area (Å²) in [6.07, 6.45) is 7.51. The topological polar surface area (TPSA) is 90.2 Å². The summed E-state index contributed by atoms with van der Waals surface area (Å²) in [7, 11) is 1.91. The van der Waals surface area contributed by atoms with Crippen molar-refractivity contribution >= 4 is 11.6 Å². The number of aryl methyl sites for hydroxylation is 1. The van der Waals surface area contributed by atoms with Crippen molar-refractivity contribution in [3.8, 4) is 5.75 Å². The van der Waals surface area contributed by atoms with Crippen LogP contribution < -0.4 is 15.0 Å². The van der Waals surface area contributed by atoms with Gasteiger partial charge in [0.1, 0.15) is 24.1 Å². The monoisotopic (exact) mass is 497 g/mol. The lowest BCUT2D eigenvalue weighted by atomic mass is 10.0. The van der Waals surface area contributed by atoms with Crippen LogP contribution in [0.3, 0.4) is 0 Å². The van der Waals surface area contributed by atoms with E-state index in [4.69, 9.17) is 19.4 Å². The fourth-order valence-corrected chi connectivity index (χ4v) is 5.17. The molecule has 1 atom stereocenters. The molecule has 9 nitrogen and oxygen atoms in total. The van der Waals surface area contributed by atoms with Gasteiger partial charge in [0.15, 0.2) is 23.2 Å². The van der Waals surface area contributed by atoms with E-state index in [-0.39, 0.29) is 23.3 Å². The Hall–Kier alpha value is -3.34. The van der Waals surface area contributed by atoms with Gasteiger partial charge in [0.25, 0.3) is 0 Å². The maximum absolute atomic E-state index is 14.0. The van der Waals surface area contributed by atoms with Crippen LogP contribution in [0, 0.1) is 11.6 Å². The van der Waals surface area contributed by atoms with E-state index in [1.54, 1.807) is 6.33 Å². The maximum atomic E-state index is 14.0. The van der Waals surface area contributed by atoms with E-state index >= 15 is 0 Å². The first-order chi connectivity index (χ1) is 17.5. The van der Waals surface area contributed by atoms with E-state index in [2.05, 4.69) is 20.3 Å². The van der Waals surface area contributed by atoms with Crippen LogP contribution in [0.2, 0.25) is 0 Å². The fraction of sp³-hybridized carbons (Fsp3) is 0.520. The minimum Gasteiger partial charge on any atom is -0.487 e. The van der Waals surface area contributed by atoms with Crippen LogP contribution in [0.5, 0.6) is 5.75 Å². The van der Waals surface area contributed by atoms with Gasteiger partial charge >= 0.3 is 0 Å². The molecule has 0 spiro atoms. The highest BCUT2D eigenvalue weighted by Gasteiger charge is 2.51. The molecule has 3 fully saturated rings. The van der Waals surface area contributed by atoms with Crippen LogP contribution in [0.1, 0.15) is 43.6 Å². The summed E-state index contributed by atoms with van der Waals surface area (Å²) in [4.78, 5) is 16.7. The van der Waals surface area contributed by atoms with Crippen molar-refractivity contribution in [1.29, 1.82) is 0 Å². The molecule has 2 aromatic heterocycles. The predicted molar refractivity (Wildman–Crippen MR) is 128 cm³/mol. The smallest absolute Gasteiger partial charge is 0.171 e. The van der Waals surface area contributed by atoms with E-state index in [0.717, 1.165) is 55.1 Å². The summed E-state index contributed by atoms with van der Waals surface area (Å²) < 4.78 is 40.5. The predicted octanol–water partition coefficient (Wildman–Crippen LogP) is 3.21. The number of hydrogen-bond donors (Lipinski definition) is 1. The molecule has 2 aliphatic heterocycles. The van der Waals surface area contributed by atoms with E-state index < -0.39 is 11.6 Å². The average molecular weight is 498 g/mol. The number of ether oxygens (including phenoxy) is 2. The average Bonchev–Trinajstić information content (AvgIpc) is 3.28. The van der Waals surface area contributed by atoms with Gasteiger partial charge in [0.2, 0.25) is 0 Å². The van der Waals surface area contributed by atoms with Crippen LogP contribution in [0.25, 0.3) is 0 Å². The van der Waals surface area contributed by atoms with E-state index in [1.165, 1.54) is 12.1 Å². The number of piperidine rings is 1.